The van der Waals surface area contributed by atoms with E-state index in [9.17, 15) is 9.59 Å². The average Bonchev–Trinajstić information content (AvgIpc) is 2.59. The molecule has 1 aliphatic rings. The minimum absolute atomic E-state index is 0.000236. The maximum absolute atomic E-state index is 12.0. The number of carbonyl (C=O) groups excluding carboxylic acids is 2. The van der Waals surface area contributed by atoms with E-state index < -0.39 is 0 Å². The van der Waals surface area contributed by atoms with E-state index in [0.29, 0.717) is 13.0 Å². The zero-order valence-corrected chi connectivity index (χ0v) is 15.5. The number of nitrogens with one attached hydrogen (secondary N) is 2. The zero-order chi connectivity index (χ0) is 18.1. The van der Waals surface area contributed by atoms with E-state index in [1.807, 2.05) is 12.1 Å². The van der Waals surface area contributed by atoms with Gasteiger partial charge in [0.25, 0.3) is 0 Å². The molecule has 0 atom stereocenters. The molecule has 1 aliphatic heterocycles. The number of rotatable bonds is 8. The first-order valence-corrected chi connectivity index (χ1v) is 9.44. The van der Waals surface area contributed by atoms with E-state index in [-0.39, 0.29) is 11.8 Å². The second-order valence-corrected chi connectivity index (χ2v) is 7.06. The lowest BCUT2D eigenvalue weighted by Crippen LogP contribution is -2.32. The molecule has 138 valence electrons. The van der Waals surface area contributed by atoms with E-state index >= 15 is 0 Å². The van der Waals surface area contributed by atoms with Gasteiger partial charge in [0.2, 0.25) is 11.8 Å². The van der Waals surface area contributed by atoms with Gasteiger partial charge in [0.15, 0.2) is 0 Å². The molecule has 5 heteroatoms. The molecule has 0 radical (unpaired) electrons. The van der Waals surface area contributed by atoms with Crippen LogP contribution >= 0.6 is 0 Å². The minimum atomic E-state index is 0.000236. The molecule has 0 aliphatic carbocycles. The molecule has 0 unspecified atom stereocenters. The molecule has 0 bridgehead atoms. The van der Waals surface area contributed by atoms with Crippen LogP contribution in [0.5, 0.6) is 0 Å². The Hall–Kier alpha value is -2.04. The molecule has 1 saturated heterocycles. The molecule has 1 aromatic rings. The number of hydrogen-bond acceptors (Lipinski definition) is 3. The Balaban J connectivity index is 1.66. The summed E-state index contributed by atoms with van der Waals surface area (Å²) in [6.07, 6.45) is 5.72. The topological polar surface area (TPSA) is 61.4 Å². The van der Waals surface area contributed by atoms with Crippen LogP contribution in [0.25, 0.3) is 0 Å². The first kappa shape index (κ1) is 19.3. The summed E-state index contributed by atoms with van der Waals surface area (Å²) < 4.78 is 0. The van der Waals surface area contributed by atoms with Crippen molar-refractivity contribution in [2.75, 3.05) is 29.9 Å². The van der Waals surface area contributed by atoms with E-state index in [1.54, 1.807) is 0 Å². The van der Waals surface area contributed by atoms with Gasteiger partial charge in [-0.1, -0.05) is 13.3 Å². The highest BCUT2D eigenvalue weighted by atomic mass is 16.2. The van der Waals surface area contributed by atoms with Crippen LogP contribution in [0.2, 0.25) is 0 Å². The monoisotopic (exact) mass is 345 g/mol. The van der Waals surface area contributed by atoms with Gasteiger partial charge in [0.1, 0.15) is 0 Å². The summed E-state index contributed by atoms with van der Waals surface area (Å²) in [6.45, 7) is 6.75. The van der Waals surface area contributed by atoms with Gasteiger partial charge < -0.3 is 15.5 Å². The summed E-state index contributed by atoms with van der Waals surface area (Å²) in [4.78, 5) is 25.2. The van der Waals surface area contributed by atoms with E-state index in [1.165, 1.54) is 25.5 Å². The van der Waals surface area contributed by atoms with E-state index in [2.05, 4.69) is 34.6 Å². The first-order valence-electron chi connectivity index (χ1n) is 9.44. The highest BCUT2D eigenvalue weighted by Crippen LogP contribution is 2.24. The number of carbonyl (C=O) groups is 2. The Bertz CT molecular complexity index is 549. The van der Waals surface area contributed by atoms with Gasteiger partial charge in [-0.3, -0.25) is 9.59 Å². The fraction of sp³-hybridized carbons (Fsp3) is 0.600. The van der Waals surface area contributed by atoms with Gasteiger partial charge in [-0.15, -0.1) is 0 Å². The molecule has 2 rings (SSSR count). The predicted molar refractivity (Wildman–Crippen MR) is 103 cm³/mol. The number of amides is 2. The summed E-state index contributed by atoms with van der Waals surface area (Å²) in [6, 6.07) is 8.17. The second-order valence-electron chi connectivity index (χ2n) is 7.06. The number of piperidine rings is 1. The van der Waals surface area contributed by atoms with Gasteiger partial charge in [0.05, 0.1) is 0 Å². The summed E-state index contributed by atoms with van der Waals surface area (Å²) in [7, 11) is 0. The molecule has 0 saturated carbocycles. The van der Waals surface area contributed by atoms with Gasteiger partial charge in [0, 0.05) is 44.4 Å². The number of unbranched alkanes of at least 4 members (excludes halogenated alkanes) is 2. The fourth-order valence-corrected chi connectivity index (χ4v) is 3.10. The SMILES string of the molecule is CC(=O)NCCCCCC(=O)Nc1ccc(N2CCC(C)CC2)cc1. The molecule has 1 fully saturated rings. The van der Waals surface area contributed by atoms with Crippen LogP contribution in [0.4, 0.5) is 11.4 Å². The molecule has 1 aromatic carbocycles. The van der Waals surface area contributed by atoms with Crippen molar-refractivity contribution in [2.24, 2.45) is 5.92 Å². The Morgan fingerprint density at radius 2 is 1.76 bits per heavy atom. The molecule has 0 aromatic heterocycles. The third-order valence-electron chi connectivity index (χ3n) is 4.75. The lowest BCUT2D eigenvalue weighted by atomic mass is 9.99. The van der Waals surface area contributed by atoms with Gasteiger partial charge in [-0.25, -0.2) is 0 Å². The van der Waals surface area contributed by atoms with Crippen molar-refractivity contribution in [1.29, 1.82) is 0 Å². The van der Waals surface area contributed by atoms with Gasteiger partial charge in [-0.2, -0.15) is 0 Å². The highest BCUT2D eigenvalue weighted by Gasteiger charge is 2.15. The van der Waals surface area contributed by atoms with Gasteiger partial charge in [-0.05, 0) is 55.9 Å². The third kappa shape index (κ3) is 7.16. The molecule has 0 spiro atoms. The van der Waals surface area contributed by atoms with Crippen LogP contribution in [0.3, 0.4) is 0 Å². The second kappa shape index (κ2) is 10.1. The Labute approximate surface area is 151 Å². The lowest BCUT2D eigenvalue weighted by molar-refractivity contribution is -0.119. The predicted octanol–water partition coefficient (Wildman–Crippen LogP) is 3.56. The van der Waals surface area contributed by atoms with E-state index in [4.69, 9.17) is 0 Å². The maximum Gasteiger partial charge on any atom is 0.224 e. The largest absolute Gasteiger partial charge is 0.372 e. The quantitative estimate of drug-likeness (QED) is 0.708. The van der Waals surface area contributed by atoms with Crippen LogP contribution in [0.1, 0.15) is 52.4 Å². The van der Waals surface area contributed by atoms with Gasteiger partial charge >= 0.3 is 0 Å². The van der Waals surface area contributed by atoms with Crippen molar-refractivity contribution in [3.05, 3.63) is 24.3 Å². The average molecular weight is 345 g/mol. The summed E-state index contributed by atoms with van der Waals surface area (Å²) >= 11 is 0. The molecule has 5 nitrogen and oxygen atoms in total. The molecule has 2 N–H and O–H groups in total. The molecule has 1 heterocycles. The molecular weight excluding hydrogens is 314 g/mol. The fourth-order valence-electron chi connectivity index (χ4n) is 3.10. The highest BCUT2D eigenvalue weighted by molar-refractivity contribution is 5.90. The Morgan fingerprint density at radius 3 is 2.40 bits per heavy atom. The van der Waals surface area contributed by atoms with Crippen LogP contribution in [-0.4, -0.2) is 31.4 Å². The normalized spacial score (nSPS) is 15.0. The van der Waals surface area contributed by atoms with Crippen LogP contribution in [0, 0.1) is 5.92 Å². The minimum Gasteiger partial charge on any atom is -0.372 e. The molecule has 2 amide bonds. The van der Waals surface area contributed by atoms with Crippen LogP contribution in [0.15, 0.2) is 24.3 Å². The van der Waals surface area contributed by atoms with Crippen molar-refractivity contribution in [1.82, 2.24) is 5.32 Å². The Morgan fingerprint density at radius 1 is 1.08 bits per heavy atom. The van der Waals surface area contributed by atoms with Crippen LogP contribution in [-0.2, 0) is 9.59 Å². The lowest BCUT2D eigenvalue weighted by Gasteiger charge is -2.32. The molecule has 25 heavy (non-hydrogen) atoms. The number of nitrogens with zero attached hydrogens (tertiary/aromatic N) is 1. The van der Waals surface area contributed by atoms with Crippen molar-refractivity contribution in [3.8, 4) is 0 Å². The van der Waals surface area contributed by atoms with Crippen molar-refractivity contribution < 1.29 is 9.59 Å². The number of hydrogen-bond donors (Lipinski definition) is 2. The van der Waals surface area contributed by atoms with E-state index in [0.717, 1.165) is 44.0 Å². The summed E-state index contributed by atoms with van der Waals surface area (Å²) in [5.74, 6) is 0.882. The van der Waals surface area contributed by atoms with Crippen molar-refractivity contribution in [3.63, 3.8) is 0 Å². The zero-order valence-electron chi connectivity index (χ0n) is 15.5. The smallest absolute Gasteiger partial charge is 0.224 e. The maximum atomic E-state index is 12.0. The van der Waals surface area contributed by atoms with Crippen molar-refractivity contribution >= 4 is 23.2 Å². The Kier molecular flexibility index (Phi) is 7.76. The number of benzene rings is 1. The van der Waals surface area contributed by atoms with Crippen LogP contribution < -0.4 is 15.5 Å². The number of anilines is 2. The standard InChI is InChI=1S/C20H31N3O2/c1-16-11-14-23(15-12-16)19-9-7-18(8-10-19)22-20(25)6-4-3-5-13-21-17(2)24/h7-10,16H,3-6,11-15H2,1-2H3,(H,21,24)(H,22,25). The van der Waals surface area contributed by atoms with Crippen molar-refractivity contribution in [2.45, 2.75) is 52.4 Å². The first-order chi connectivity index (χ1) is 12.0. The summed E-state index contributed by atoms with van der Waals surface area (Å²) in [5.41, 5.74) is 2.10. The molecular formula is C20H31N3O2. The summed E-state index contributed by atoms with van der Waals surface area (Å²) in [5, 5.41) is 5.73. The third-order valence-corrected chi connectivity index (χ3v) is 4.75.